The van der Waals surface area contributed by atoms with Crippen LogP contribution in [0.25, 0.3) is 11.1 Å². The van der Waals surface area contributed by atoms with E-state index in [1.54, 1.807) is 0 Å². The van der Waals surface area contributed by atoms with Crippen molar-refractivity contribution in [2.45, 2.75) is 26.0 Å². The largest absolute Gasteiger partial charge is 0.481 e. The predicted molar refractivity (Wildman–Crippen MR) is 91.0 cm³/mol. The molecule has 1 atom stereocenters. The molecule has 0 saturated heterocycles. The summed E-state index contributed by atoms with van der Waals surface area (Å²) in [5.74, 6) is -0.799. The number of aliphatic hydroxyl groups excluding tert-OH is 1. The van der Waals surface area contributed by atoms with Gasteiger partial charge in [-0.25, -0.2) is 0 Å². The first-order valence-corrected chi connectivity index (χ1v) is 6.82. The van der Waals surface area contributed by atoms with Crippen molar-refractivity contribution in [2.75, 3.05) is 0 Å². The zero-order valence-electron chi connectivity index (χ0n) is 12.5. The van der Waals surface area contributed by atoms with E-state index in [0.717, 1.165) is 16.7 Å². The molecule has 0 spiro atoms. The van der Waals surface area contributed by atoms with Crippen molar-refractivity contribution in [3.05, 3.63) is 60.2 Å². The lowest BCUT2D eigenvalue weighted by Crippen LogP contribution is -2.16. The lowest BCUT2D eigenvalue weighted by atomic mass is 10.0. The van der Waals surface area contributed by atoms with Crippen molar-refractivity contribution >= 4 is 18.4 Å². The molecule has 0 amide bonds. The van der Waals surface area contributed by atoms with Gasteiger partial charge in [0.1, 0.15) is 6.23 Å². The second-order valence-corrected chi connectivity index (χ2v) is 4.61. The van der Waals surface area contributed by atoms with Crippen LogP contribution in [0, 0.1) is 0 Å². The van der Waals surface area contributed by atoms with Crippen molar-refractivity contribution in [3.63, 3.8) is 0 Å². The number of carbonyl (C=O) groups is 1. The van der Waals surface area contributed by atoms with Gasteiger partial charge in [-0.1, -0.05) is 61.5 Å². The Kier molecular flexibility index (Phi) is 9.87. The fourth-order valence-electron chi connectivity index (χ4n) is 1.62. The van der Waals surface area contributed by atoms with Crippen LogP contribution in [0.3, 0.4) is 0 Å². The second kappa shape index (κ2) is 10.8. The highest BCUT2D eigenvalue weighted by Gasteiger charge is 2.01. The van der Waals surface area contributed by atoms with Crippen LogP contribution in [0.5, 0.6) is 0 Å². The summed E-state index contributed by atoms with van der Waals surface area (Å²) in [6.07, 6.45) is 0.102. The van der Waals surface area contributed by atoms with Crippen LogP contribution in [0.2, 0.25) is 0 Å². The Morgan fingerprint density at radius 1 is 1.05 bits per heavy atom. The first kappa shape index (κ1) is 20.1. The van der Waals surface area contributed by atoms with Crippen LogP contribution in [0.4, 0.5) is 0 Å². The number of aliphatic carboxylic acids is 1. The minimum atomic E-state index is -0.799. The first-order valence-electron chi connectivity index (χ1n) is 6.82. The Bertz CT molecular complexity index is 542. The van der Waals surface area contributed by atoms with Crippen molar-refractivity contribution < 1.29 is 15.0 Å². The standard InChI is InChI=1S/C14H12O2.C3H9NO.ClH/c15-14(16)10-11-6-8-13(9-7-11)12-4-2-1-3-5-12;1-2-3(4)5;/h1-9H,10H2,(H,15,16);3,5H,2,4H2,1H3;1H. The van der Waals surface area contributed by atoms with Gasteiger partial charge in [0.15, 0.2) is 0 Å². The number of halogens is 1. The third kappa shape index (κ3) is 7.78. The van der Waals surface area contributed by atoms with E-state index in [9.17, 15) is 4.79 Å². The van der Waals surface area contributed by atoms with Crippen molar-refractivity contribution in [2.24, 2.45) is 5.73 Å². The van der Waals surface area contributed by atoms with Gasteiger partial charge in [-0.2, -0.15) is 0 Å². The minimum absolute atomic E-state index is 0. The van der Waals surface area contributed by atoms with Gasteiger partial charge in [-0.3, -0.25) is 4.79 Å². The summed E-state index contributed by atoms with van der Waals surface area (Å²) in [4.78, 5) is 10.5. The van der Waals surface area contributed by atoms with Gasteiger partial charge < -0.3 is 15.9 Å². The maximum Gasteiger partial charge on any atom is 0.307 e. The number of benzene rings is 2. The van der Waals surface area contributed by atoms with Crippen molar-refractivity contribution in [1.82, 2.24) is 0 Å². The van der Waals surface area contributed by atoms with E-state index in [4.69, 9.17) is 15.9 Å². The minimum Gasteiger partial charge on any atom is -0.481 e. The maximum absolute atomic E-state index is 10.5. The Hall–Kier alpha value is -1.88. The van der Waals surface area contributed by atoms with Gasteiger partial charge in [-0.15, -0.1) is 12.4 Å². The molecule has 0 heterocycles. The van der Waals surface area contributed by atoms with Crippen LogP contribution in [0.15, 0.2) is 54.6 Å². The number of nitrogens with two attached hydrogens (primary N) is 1. The lowest BCUT2D eigenvalue weighted by molar-refractivity contribution is -0.136. The first-order chi connectivity index (χ1) is 10.0. The fraction of sp³-hybridized carbons (Fsp3) is 0.235. The van der Waals surface area contributed by atoms with Crippen LogP contribution in [0.1, 0.15) is 18.9 Å². The third-order valence-corrected chi connectivity index (χ3v) is 2.83. The van der Waals surface area contributed by atoms with E-state index in [1.165, 1.54) is 0 Å². The zero-order chi connectivity index (χ0) is 15.7. The molecule has 0 fully saturated rings. The molecule has 4 nitrogen and oxygen atoms in total. The molecule has 120 valence electrons. The molecule has 22 heavy (non-hydrogen) atoms. The summed E-state index contributed by atoms with van der Waals surface area (Å²) < 4.78 is 0. The van der Waals surface area contributed by atoms with Crippen LogP contribution in [-0.2, 0) is 11.2 Å². The average Bonchev–Trinajstić information content (AvgIpc) is 2.49. The van der Waals surface area contributed by atoms with E-state index in [2.05, 4.69) is 0 Å². The van der Waals surface area contributed by atoms with E-state index < -0.39 is 12.2 Å². The van der Waals surface area contributed by atoms with Crippen LogP contribution in [-0.4, -0.2) is 22.4 Å². The molecular weight excluding hydrogens is 302 g/mol. The van der Waals surface area contributed by atoms with Gasteiger partial charge in [0.25, 0.3) is 0 Å². The quantitative estimate of drug-likeness (QED) is 0.755. The summed E-state index contributed by atoms with van der Waals surface area (Å²) in [7, 11) is 0. The monoisotopic (exact) mass is 323 g/mol. The molecule has 0 bridgehead atoms. The summed E-state index contributed by atoms with van der Waals surface area (Å²) in [6.45, 7) is 1.82. The molecule has 4 N–H and O–H groups in total. The summed E-state index contributed by atoms with van der Waals surface area (Å²) >= 11 is 0. The number of carboxylic acid groups (broad SMARTS) is 1. The SMILES string of the molecule is CCC(N)O.Cl.O=C(O)Cc1ccc(-c2ccccc2)cc1. The summed E-state index contributed by atoms with van der Waals surface area (Å²) in [5, 5.41) is 16.8. The van der Waals surface area contributed by atoms with E-state index in [-0.39, 0.29) is 18.8 Å². The van der Waals surface area contributed by atoms with Gasteiger partial charge in [-0.05, 0) is 23.1 Å². The smallest absolute Gasteiger partial charge is 0.307 e. The molecule has 1 unspecified atom stereocenters. The summed E-state index contributed by atoms with van der Waals surface area (Å²) in [5.41, 5.74) is 7.92. The number of hydrogen-bond acceptors (Lipinski definition) is 3. The van der Waals surface area contributed by atoms with Crippen LogP contribution < -0.4 is 5.73 Å². The predicted octanol–water partition coefficient (Wildman–Crippen LogP) is 3.08. The molecule has 2 rings (SSSR count). The van der Waals surface area contributed by atoms with Crippen molar-refractivity contribution in [3.8, 4) is 11.1 Å². The van der Waals surface area contributed by atoms with Crippen LogP contribution >= 0.6 is 12.4 Å². The Balaban J connectivity index is 0.000000644. The highest BCUT2D eigenvalue weighted by molar-refractivity contribution is 5.85. The van der Waals surface area contributed by atoms with Gasteiger partial charge in [0.2, 0.25) is 0 Å². The topological polar surface area (TPSA) is 83.5 Å². The normalized spacial score (nSPS) is 10.7. The fourth-order valence-corrected chi connectivity index (χ4v) is 1.62. The molecule has 2 aromatic rings. The highest BCUT2D eigenvalue weighted by Crippen LogP contribution is 2.19. The van der Waals surface area contributed by atoms with E-state index in [0.29, 0.717) is 6.42 Å². The molecule has 0 saturated carbocycles. The molecule has 0 aliphatic rings. The van der Waals surface area contributed by atoms with Gasteiger partial charge in [0.05, 0.1) is 6.42 Å². The molecule has 0 aromatic heterocycles. The highest BCUT2D eigenvalue weighted by atomic mass is 35.5. The molecule has 0 radical (unpaired) electrons. The molecule has 2 aromatic carbocycles. The van der Waals surface area contributed by atoms with E-state index >= 15 is 0 Å². The third-order valence-electron chi connectivity index (χ3n) is 2.83. The molecule has 0 aliphatic heterocycles. The summed E-state index contributed by atoms with van der Waals surface area (Å²) in [6, 6.07) is 17.6. The number of hydrogen-bond donors (Lipinski definition) is 3. The Morgan fingerprint density at radius 2 is 1.50 bits per heavy atom. The zero-order valence-corrected chi connectivity index (χ0v) is 13.3. The Morgan fingerprint density at radius 3 is 1.91 bits per heavy atom. The molecule has 0 aliphatic carbocycles. The van der Waals surface area contributed by atoms with Crippen molar-refractivity contribution in [1.29, 1.82) is 0 Å². The Labute approximate surface area is 137 Å². The van der Waals surface area contributed by atoms with Gasteiger partial charge >= 0.3 is 5.97 Å². The van der Waals surface area contributed by atoms with E-state index in [1.807, 2.05) is 61.5 Å². The number of rotatable bonds is 4. The number of carboxylic acids is 1. The molecule has 5 heteroatoms. The second-order valence-electron chi connectivity index (χ2n) is 4.61. The van der Waals surface area contributed by atoms with Gasteiger partial charge in [0, 0.05) is 0 Å². The molecular formula is C17H22ClNO3. The maximum atomic E-state index is 10.5. The number of aliphatic hydroxyl groups is 1. The average molecular weight is 324 g/mol. The lowest BCUT2D eigenvalue weighted by Gasteiger charge is -2.02.